The Kier molecular flexibility index (Phi) is 13.6. The predicted octanol–water partition coefficient (Wildman–Crippen LogP) is 10.9. The van der Waals surface area contributed by atoms with Crippen LogP contribution in [0.3, 0.4) is 0 Å². The Balaban J connectivity index is 7.69. The largest absolute Gasteiger partial charge is 0.449 e. The minimum Gasteiger partial charge on any atom is -0.449 e. The molecule has 0 radical (unpaired) electrons. The van der Waals surface area contributed by atoms with Crippen LogP contribution in [0.2, 0.25) is 55.4 Å². The van der Waals surface area contributed by atoms with Crippen LogP contribution in [-0.4, -0.2) is 43.7 Å². The summed E-state index contributed by atoms with van der Waals surface area (Å²) in [4.78, 5) is 0. The van der Waals surface area contributed by atoms with E-state index in [4.69, 9.17) is 13.0 Å². The maximum atomic E-state index is 7.86. The van der Waals surface area contributed by atoms with E-state index in [0.29, 0.717) is 11.1 Å². The summed E-state index contributed by atoms with van der Waals surface area (Å²) in [7, 11) is -9.23. The summed E-state index contributed by atoms with van der Waals surface area (Å²) in [5.41, 5.74) is 3.34. The van der Waals surface area contributed by atoms with E-state index >= 15 is 0 Å². The fraction of sp³-hybridized carbons (Fsp3) is 0.933. The van der Waals surface area contributed by atoms with Gasteiger partial charge in [0, 0.05) is 0 Å². The van der Waals surface area contributed by atoms with E-state index in [0.717, 1.165) is 38.5 Å². The molecule has 0 fully saturated rings. The molecule has 0 heterocycles. The van der Waals surface area contributed by atoms with Gasteiger partial charge in [-0.05, 0) is 81.6 Å². The predicted molar refractivity (Wildman–Crippen MR) is 177 cm³/mol. The van der Waals surface area contributed by atoms with Gasteiger partial charge in [-0.15, -0.1) is 6.58 Å². The second-order valence-electron chi connectivity index (χ2n) is 14.3. The van der Waals surface area contributed by atoms with Crippen molar-refractivity contribution in [1.82, 2.24) is 0 Å². The van der Waals surface area contributed by atoms with Gasteiger partial charge in [0.1, 0.15) is 0 Å². The molecular weight excluding hydrogens is 521 g/mol. The van der Waals surface area contributed by atoms with Crippen molar-refractivity contribution in [2.75, 3.05) is 0 Å². The van der Waals surface area contributed by atoms with Crippen LogP contribution in [0.4, 0.5) is 0 Å². The summed E-state index contributed by atoms with van der Waals surface area (Å²) >= 11 is 0. The van der Waals surface area contributed by atoms with Crippen molar-refractivity contribution < 1.29 is 13.0 Å². The van der Waals surface area contributed by atoms with E-state index in [-0.39, 0.29) is 10.3 Å². The fourth-order valence-corrected chi connectivity index (χ4v) is 22.8. The molecule has 0 aliphatic heterocycles. The van der Waals surface area contributed by atoms with Gasteiger partial charge in [-0.3, -0.25) is 0 Å². The molecule has 3 unspecified atom stereocenters. The van der Waals surface area contributed by atoms with Crippen molar-refractivity contribution in [3.05, 3.63) is 12.3 Å². The minimum absolute atomic E-state index is 0.154. The molecule has 0 bridgehead atoms. The molecular formula is C30H68O3Si4. The Morgan fingerprint density at radius 1 is 0.757 bits per heavy atom. The van der Waals surface area contributed by atoms with Crippen LogP contribution in [0.25, 0.3) is 0 Å². The van der Waals surface area contributed by atoms with E-state index < -0.39 is 38.5 Å². The minimum atomic E-state index is -2.94. The summed E-state index contributed by atoms with van der Waals surface area (Å²) in [6, 6.07) is 0. The zero-order chi connectivity index (χ0) is 29.7. The smallest absolute Gasteiger partial charge is 0.266 e. The summed E-state index contributed by atoms with van der Waals surface area (Å²) in [6.45, 7) is 45.0. The van der Waals surface area contributed by atoms with Crippen LogP contribution in [0.1, 0.15) is 115 Å². The lowest BCUT2D eigenvalue weighted by molar-refractivity contribution is 0.0529. The third-order valence-corrected chi connectivity index (χ3v) is 30.2. The maximum Gasteiger partial charge on any atom is 0.266 e. The van der Waals surface area contributed by atoms with Crippen LogP contribution >= 0.6 is 0 Å². The first-order chi connectivity index (χ1) is 16.6. The molecule has 0 spiro atoms. The summed E-state index contributed by atoms with van der Waals surface area (Å²) < 4.78 is 23.1. The van der Waals surface area contributed by atoms with Gasteiger partial charge in [-0.1, -0.05) is 94.2 Å². The third-order valence-electron chi connectivity index (χ3n) is 10.7. The first kappa shape index (κ1) is 37.5. The molecule has 3 nitrogen and oxygen atoms in total. The zero-order valence-electron chi connectivity index (χ0n) is 28.4. The topological polar surface area (TPSA) is 27.7 Å². The lowest BCUT2D eigenvalue weighted by Crippen LogP contribution is -2.78. The number of hydrogen-bond donors (Lipinski definition) is 0. The second kappa shape index (κ2) is 13.4. The van der Waals surface area contributed by atoms with Gasteiger partial charge in [0.2, 0.25) is 0 Å². The van der Waals surface area contributed by atoms with Gasteiger partial charge in [-0.2, -0.15) is 0 Å². The molecule has 3 atom stereocenters. The van der Waals surface area contributed by atoms with Crippen molar-refractivity contribution in [2.24, 2.45) is 0 Å². The van der Waals surface area contributed by atoms with E-state index in [1.807, 2.05) is 0 Å². The highest BCUT2D eigenvalue weighted by molar-refractivity contribution is 6.93. The SMILES string of the molecule is C=C[Si](O[Si](C)(C)C(C)CC)(C(C)(CCC)O[Si](C)(C)C(C)(C)CC)C(CC)(CC)O[Si](C)(C)C(C)C. The summed E-state index contributed by atoms with van der Waals surface area (Å²) in [6.07, 6.45) is 6.13. The van der Waals surface area contributed by atoms with Crippen molar-refractivity contribution in [1.29, 1.82) is 0 Å². The van der Waals surface area contributed by atoms with E-state index in [1.54, 1.807) is 0 Å². The van der Waals surface area contributed by atoms with E-state index in [9.17, 15) is 0 Å². The lowest BCUT2D eigenvalue weighted by atomic mass is 10.1. The fourth-order valence-electron chi connectivity index (χ4n) is 5.67. The Hall–Kier alpha value is 0.488. The molecule has 0 aromatic carbocycles. The van der Waals surface area contributed by atoms with Crippen LogP contribution in [0.15, 0.2) is 12.3 Å². The zero-order valence-corrected chi connectivity index (χ0v) is 32.4. The maximum absolute atomic E-state index is 7.86. The standard InChI is InChI=1S/C30H68O3Si4/c1-19-25-29(12,31-36(17,18)28(10,11)21-3)37(24-6,33-35(15,16)27(9)20-2)30(22-4,23-5)32-34(13,14)26(7)8/h24,26-27H,6,19-23,25H2,1-5,7-18H3. The first-order valence-electron chi connectivity index (χ1n) is 15.3. The average molecular weight is 589 g/mol. The highest BCUT2D eigenvalue weighted by atomic mass is 28.4. The highest BCUT2D eigenvalue weighted by Gasteiger charge is 2.67. The normalized spacial score (nSPS) is 18.4. The summed E-state index contributed by atoms with van der Waals surface area (Å²) in [5, 5.41) is -0.644. The third kappa shape index (κ3) is 7.62. The molecule has 0 amide bonds. The number of rotatable bonds is 18. The van der Waals surface area contributed by atoms with Crippen molar-refractivity contribution >= 4 is 33.3 Å². The van der Waals surface area contributed by atoms with Gasteiger partial charge in [-0.25, -0.2) is 0 Å². The Morgan fingerprint density at radius 3 is 1.57 bits per heavy atom. The van der Waals surface area contributed by atoms with Crippen LogP contribution in [-0.2, 0) is 13.0 Å². The van der Waals surface area contributed by atoms with Gasteiger partial charge in [0.25, 0.3) is 8.32 Å². The molecule has 0 aromatic rings. The average Bonchev–Trinajstić information content (AvgIpc) is 2.79. The van der Waals surface area contributed by atoms with Crippen molar-refractivity contribution in [2.45, 2.75) is 181 Å². The van der Waals surface area contributed by atoms with E-state index in [1.165, 1.54) is 0 Å². The molecule has 0 saturated carbocycles. The lowest BCUT2D eigenvalue weighted by Gasteiger charge is -2.61. The van der Waals surface area contributed by atoms with Crippen molar-refractivity contribution in [3.8, 4) is 0 Å². The molecule has 0 saturated heterocycles. The van der Waals surface area contributed by atoms with Crippen LogP contribution in [0, 0.1) is 0 Å². The first-order valence-corrected chi connectivity index (χ1v) is 26.2. The Labute approximate surface area is 238 Å². The Morgan fingerprint density at radius 2 is 1.24 bits per heavy atom. The molecule has 222 valence electrons. The van der Waals surface area contributed by atoms with Gasteiger partial charge in [0.05, 0.1) is 10.4 Å². The quantitative estimate of drug-likeness (QED) is 0.149. The number of hydrogen-bond acceptors (Lipinski definition) is 3. The molecule has 7 heteroatoms. The van der Waals surface area contributed by atoms with Crippen LogP contribution < -0.4 is 0 Å². The van der Waals surface area contributed by atoms with Gasteiger partial charge >= 0.3 is 0 Å². The molecule has 0 aromatic heterocycles. The molecule has 0 N–H and O–H groups in total. The molecule has 37 heavy (non-hydrogen) atoms. The second-order valence-corrected chi connectivity index (χ2v) is 32.3. The highest BCUT2D eigenvalue weighted by Crippen LogP contribution is 2.52. The van der Waals surface area contributed by atoms with Gasteiger partial charge in [0.15, 0.2) is 25.0 Å². The summed E-state index contributed by atoms with van der Waals surface area (Å²) in [5.74, 6) is 0. The van der Waals surface area contributed by atoms with Crippen LogP contribution in [0.5, 0.6) is 0 Å². The van der Waals surface area contributed by atoms with Gasteiger partial charge < -0.3 is 13.0 Å². The molecule has 0 rings (SSSR count). The Bertz CT molecular complexity index is 716. The molecule has 0 aliphatic carbocycles. The monoisotopic (exact) mass is 588 g/mol. The molecule has 0 aliphatic rings. The van der Waals surface area contributed by atoms with Crippen molar-refractivity contribution in [3.63, 3.8) is 0 Å². The van der Waals surface area contributed by atoms with E-state index in [2.05, 4.69) is 128 Å².